The number of para-hydroxylation sites is 1. The van der Waals surface area contributed by atoms with Gasteiger partial charge in [0.05, 0.1) is 18.9 Å². The molecular weight excluding hydrogens is 228 g/mol. The van der Waals surface area contributed by atoms with Crippen LogP contribution in [0.3, 0.4) is 0 Å². The van der Waals surface area contributed by atoms with Crippen molar-refractivity contribution in [1.29, 1.82) is 0 Å². The lowest BCUT2D eigenvalue weighted by molar-refractivity contribution is 0.0549. The molecule has 4 heteroatoms. The van der Waals surface area contributed by atoms with Gasteiger partial charge < -0.3 is 9.84 Å². The summed E-state index contributed by atoms with van der Waals surface area (Å²) in [6, 6.07) is 7.53. The summed E-state index contributed by atoms with van der Waals surface area (Å²) in [6.45, 7) is 1.79. The van der Waals surface area contributed by atoms with Gasteiger partial charge in [0.15, 0.2) is 0 Å². The molecular formula is C14H18N2O2. The van der Waals surface area contributed by atoms with Gasteiger partial charge in [-0.25, -0.2) is 0 Å². The highest BCUT2D eigenvalue weighted by Crippen LogP contribution is 2.32. The molecule has 0 saturated heterocycles. The fraction of sp³-hybridized carbons (Fsp3) is 0.357. The zero-order valence-electron chi connectivity index (χ0n) is 10.9. The van der Waals surface area contributed by atoms with Gasteiger partial charge in [0, 0.05) is 25.2 Å². The van der Waals surface area contributed by atoms with E-state index in [2.05, 4.69) is 5.10 Å². The van der Waals surface area contributed by atoms with Crippen molar-refractivity contribution in [2.45, 2.75) is 18.9 Å². The molecule has 1 atom stereocenters. The summed E-state index contributed by atoms with van der Waals surface area (Å²) < 4.78 is 7.02. The minimum absolute atomic E-state index is 0.501. The van der Waals surface area contributed by atoms with E-state index in [1.165, 1.54) is 0 Å². The molecule has 0 saturated carbocycles. The van der Waals surface area contributed by atoms with Crippen LogP contribution in [0.4, 0.5) is 0 Å². The molecule has 0 spiro atoms. The second-order valence-electron chi connectivity index (χ2n) is 4.67. The van der Waals surface area contributed by atoms with Crippen molar-refractivity contribution < 1.29 is 9.84 Å². The quantitative estimate of drug-likeness (QED) is 0.896. The largest absolute Gasteiger partial charge is 0.496 e. The molecule has 1 aromatic heterocycles. The molecule has 1 unspecified atom stereocenters. The average molecular weight is 246 g/mol. The summed E-state index contributed by atoms with van der Waals surface area (Å²) in [5, 5.41) is 14.8. The Hall–Kier alpha value is -1.81. The monoisotopic (exact) mass is 246 g/mol. The van der Waals surface area contributed by atoms with Crippen molar-refractivity contribution >= 4 is 0 Å². The van der Waals surface area contributed by atoms with Crippen molar-refractivity contribution in [3.63, 3.8) is 0 Å². The highest BCUT2D eigenvalue weighted by atomic mass is 16.5. The van der Waals surface area contributed by atoms with Crippen molar-refractivity contribution in [3.05, 3.63) is 47.8 Å². The molecule has 0 radical (unpaired) electrons. The summed E-state index contributed by atoms with van der Waals surface area (Å²) in [7, 11) is 3.47. The van der Waals surface area contributed by atoms with Crippen molar-refractivity contribution in [1.82, 2.24) is 9.78 Å². The molecule has 0 aliphatic rings. The second kappa shape index (κ2) is 4.82. The molecule has 96 valence electrons. The first-order valence-corrected chi connectivity index (χ1v) is 5.86. The van der Waals surface area contributed by atoms with E-state index in [0.717, 1.165) is 11.1 Å². The molecule has 2 rings (SSSR count). The number of hydrogen-bond donors (Lipinski definition) is 1. The Kier molecular flexibility index (Phi) is 3.39. The normalized spacial score (nSPS) is 14.2. The predicted octanol–water partition coefficient (Wildman–Crippen LogP) is 1.88. The Labute approximate surface area is 107 Å². The van der Waals surface area contributed by atoms with Gasteiger partial charge in [0.2, 0.25) is 0 Å². The zero-order chi connectivity index (χ0) is 13.2. The van der Waals surface area contributed by atoms with E-state index in [0.29, 0.717) is 12.2 Å². The molecule has 1 heterocycles. The smallest absolute Gasteiger partial charge is 0.124 e. The van der Waals surface area contributed by atoms with Crippen LogP contribution < -0.4 is 4.74 Å². The van der Waals surface area contributed by atoms with Crippen molar-refractivity contribution in [2.75, 3.05) is 7.11 Å². The van der Waals surface area contributed by atoms with E-state index < -0.39 is 5.60 Å². The van der Waals surface area contributed by atoms with Crippen molar-refractivity contribution in [2.24, 2.45) is 7.05 Å². The van der Waals surface area contributed by atoms with Crippen LogP contribution in [0.2, 0.25) is 0 Å². The van der Waals surface area contributed by atoms with Gasteiger partial charge >= 0.3 is 0 Å². The first kappa shape index (κ1) is 12.6. The van der Waals surface area contributed by atoms with Gasteiger partial charge in [0.1, 0.15) is 5.75 Å². The number of hydrogen-bond acceptors (Lipinski definition) is 3. The maximum atomic E-state index is 10.6. The van der Waals surface area contributed by atoms with Crippen LogP contribution in [0.5, 0.6) is 5.75 Å². The molecule has 1 aromatic carbocycles. The maximum Gasteiger partial charge on any atom is 0.124 e. The minimum Gasteiger partial charge on any atom is -0.496 e. The average Bonchev–Trinajstić information content (AvgIpc) is 2.74. The SMILES string of the molecule is COc1ccccc1C(C)(O)Cc1cnn(C)c1. The molecule has 0 fully saturated rings. The Bertz CT molecular complexity index is 532. The third-order valence-corrected chi connectivity index (χ3v) is 2.99. The number of rotatable bonds is 4. The van der Waals surface area contributed by atoms with Gasteiger partial charge in [-0.15, -0.1) is 0 Å². The first-order chi connectivity index (χ1) is 8.53. The maximum absolute atomic E-state index is 10.6. The molecule has 0 aliphatic carbocycles. The molecule has 0 bridgehead atoms. The number of aromatic nitrogens is 2. The Morgan fingerprint density at radius 3 is 2.72 bits per heavy atom. The van der Waals surface area contributed by atoms with Crippen LogP contribution >= 0.6 is 0 Å². The van der Waals surface area contributed by atoms with Gasteiger partial charge in [-0.3, -0.25) is 4.68 Å². The van der Waals surface area contributed by atoms with Gasteiger partial charge in [-0.2, -0.15) is 5.10 Å². The lowest BCUT2D eigenvalue weighted by atomic mass is 9.89. The zero-order valence-corrected chi connectivity index (χ0v) is 10.9. The van der Waals surface area contributed by atoms with Crippen LogP contribution in [0.25, 0.3) is 0 Å². The number of aryl methyl sites for hydroxylation is 1. The van der Waals surface area contributed by atoms with Crippen LogP contribution in [0.15, 0.2) is 36.7 Å². The lowest BCUT2D eigenvalue weighted by Crippen LogP contribution is -2.24. The second-order valence-corrected chi connectivity index (χ2v) is 4.67. The fourth-order valence-corrected chi connectivity index (χ4v) is 2.15. The topological polar surface area (TPSA) is 47.3 Å². The Balaban J connectivity index is 2.29. The molecule has 0 aliphatic heterocycles. The third-order valence-electron chi connectivity index (χ3n) is 2.99. The van der Waals surface area contributed by atoms with Crippen LogP contribution in [0.1, 0.15) is 18.1 Å². The highest BCUT2D eigenvalue weighted by molar-refractivity contribution is 5.38. The molecule has 18 heavy (non-hydrogen) atoms. The summed E-state index contributed by atoms with van der Waals surface area (Å²) in [6.07, 6.45) is 4.18. The summed E-state index contributed by atoms with van der Waals surface area (Å²) in [5.41, 5.74) is 0.806. The van der Waals surface area contributed by atoms with E-state index >= 15 is 0 Å². The Morgan fingerprint density at radius 1 is 1.39 bits per heavy atom. The molecule has 4 nitrogen and oxygen atoms in total. The van der Waals surface area contributed by atoms with Crippen LogP contribution in [-0.4, -0.2) is 22.0 Å². The van der Waals surface area contributed by atoms with Crippen LogP contribution in [0, 0.1) is 0 Å². The standard InChI is InChI=1S/C14H18N2O2/c1-14(17,8-11-9-15-16(2)10-11)12-6-4-5-7-13(12)18-3/h4-7,9-10,17H,8H2,1-3H3. The number of ether oxygens (including phenoxy) is 1. The van der Waals surface area contributed by atoms with E-state index in [-0.39, 0.29) is 0 Å². The van der Waals surface area contributed by atoms with Gasteiger partial charge in [-0.1, -0.05) is 18.2 Å². The summed E-state index contributed by atoms with van der Waals surface area (Å²) >= 11 is 0. The molecule has 1 N–H and O–H groups in total. The first-order valence-electron chi connectivity index (χ1n) is 5.86. The third kappa shape index (κ3) is 2.54. The minimum atomic E-state index is -0.977. The molecule has 2 aromatic rings. The van der Waals surface area contributed by atoms with Crippen LogP contribution in [-0.2, 0) is 19.1 Å². The van der Waals surface area contributed by atoms with E-state index in [4.69, 9.17) is 4.74 Å². The molecule has 0 amide bonds. The summed E-state index contributed by atoms with van der Waals surface area (Å²) in [4.78, 5) is 0. The highest BCUT2D eigenvalue weighted by Gasteiger charge is 2.27. The number of nitrogens with zero attached hydrogens (tertiary/aromatic N) is 2. The van der Waals surface area contributed by atoms with Gasteiger partial charge in [0.25, 0.3) is 0 Å². The number of aliphatic hydroxyl groups is 1. The number of benzene rings is 1. The van der Waals surface area contributed by atoms with Gasteiger partial charge in [-0.05, 0) is 18.6 Å². The van der Waals surface area contributed by atoms with E-state index in [1.54, 1.807) is 24.9 Å². The van der Waals surface area contributed by atoms with E-state index in [9.17, 15) is 5.11 Å². The predicted molar refractivity (Wildman–Crippen MR) is 69.5 cm³/mol. The number of methoxy groups -OCH3 is 1. The van der Waals surface area contributed by atoms with E-state index in [1.807, 2.05) is 37.5 Å². The Morgan fingerprint density at radius 2 is 2.11 bits per heavy atom. The van der Waals surface area contributed by atoms with Crippen molar-refractivity contribution in [3.8, 4) is 5.75 Å². The fourth-order valence-electron chi connectivity index (χ4n) is 2.15. The lowest BCUT2D eigenvalue weighted by Gasteiger charge is -2.25. The summed E-state index contributed by atoms with van der Waals surface area (Å²) in [5.74, 6) is 0.700.